The number of nitrogens with zero attached hydrogens (tertiary/aromatic N) is 6. The van der Waals surface area contributed by atoms with Crippen molar-refractivity contribution in [3.63, 3.8) is 0 Å². The van der Waals surface area contributed by atoms with Gasteiger partial charge in [0.15, 0.2) is 34.9 Å². The molecule has 8 heterocycles. The van der Waals surface area contributed by atoms with E-state index < -0.39 is 0 Å². The molecule has 0 N–H and O–H groups in total. The van der Waals surface area contributed by atoms with Gasteiger partial charge in [-0.2, -0.15) is 0 Å². The van der Waals surface area contributed by atoms with E-state index in [-0.39, 0.29) is 0 Å². The van der Waals surface area contributed by atoms with Gasteiger partial charge >= 0.3 is 0 Å². The van der Waals surface area contributed by atoms with Crippen molar-refractivity contribution in [2.75, 3.05) is 0 Å². The molecular weight excluding hydrogens is 1420 g/mol. The molecule has 0 atom stereocenters. The Hall–Kier alpha value is -15.2. The van der Waals surface area contributed by atoms with Crippen molar-refractivity contribution < 1.29 is 22.1 Å². The minimum absolute atomic E-state index is 0.514. The van der Waals surface area contributed by atoms with Crippen molar-refractivity contribution in [2.24, 2.45) is 0 Å². The summed E-state index contributed by atoms with van der Waals surface area (Å²) in [6, 6.07) is 114. The van der Waals surface area contributed by atoms with Gasteiger partial charge in [0, 0.05) is 118 Å². The molecule has 0 fully saturated rings. The van der Waals surface area contributed by atoms with Crippen LogP contribution >= 0.6 is 11.3 Å². The molecule has 0 aliphatic heterocycles. The highest BCUT2D eigenvalue weighted by Gasteiger charge is 2.27. The molecule has 0 saturated carbocycles. The van der Waals surface area contributed by atoms with Crippen LogP contribution in [-0.2, 0) is 0 Å². The Morgan fingerprint density at radius 1 is 0.167 bits per heavy atom. The van der Waals surface area contributed by atoms with Gasteiger partial charge < -0.3 is 22.1 Å². The summed E-state index contributed by atoms with van der Waals surface area (Å²) < 4.78 is 35.6. The van der Waals surface area contributed by atoms with Crippen LogP contribution in [0.2, 0.25) is 0 Å². The molecule has 25 aromatic rings. The van der Waals surface area contributed by atoms with Gasteiger partial charge in [-0.1, -0.05) is 224 Å². The molecule has 25 rings (SSSR count). The highest BCUT2D eigenvalue weighted by Crippen LogP contribution is 2.48. The summed E-state index contributed by atoms with van der Waals surface area (Å²) in [5.41, 5.74) is 19.3. The highest BCUT2D eigenvalue weighted by molar-refractivity contribution is 7.26. The Bertz CT molecular complexity index is 8490. The summed E-state index contributed by atoms with van der Waals surface area (Å²) >= 11 is 1.78. The number of para-hydroxylation sites is 3. The van der Waals surface area contributed by atoms with Crippen LogP contribution in [0.25, 0.3) is 264 Å². The van der Waals surface area contributed by atoms with E-state index in [1.807, 2.05) is 78.9 Å². The monoisotopic (exact) mass is 1470 g/mol. The van der Waals surface area contributed by atoms with Crippen molar-refractivity contribution in [2.45, 2.75) is 0 Å². The first-order chi connectivity index (χ1) is 56.4. The Morgan fingerprint density at radius 3 is 0.939 bits per heavy atom. The first-order valence-electron chi connectivity index (χ1n) is 38.0. The van der Waals surface area contributed by atoms with Crippen LogP contribution in [0, 0.1) is 0 Å². The quantitative estimate of drug-likeness (QED) is 0.136. The predicted molar refractivity (Wildman–Crippen MR) is 464 cm³/mol. The SMILES string of the molecule is c1cc(-c2ccc3ccc(-c4ccc5c(c4)oc4cccc(-c6nc(-c7cccc8oc9ccccc9c78)nc(-c7cccc8ccc9oc%10ccccc%10c9c78)n6)c45)cc3c2)cc(-c2ccc3c(c2)oc2cccc(-c4nc(-c5cccc6sc7ccccc7c56)nc(-c5cccc6ccc7oc8ccccc8c7c56)n4)c23)c1. The van der Waals surface area contributed by atoms with E-state index in [0.717, 1.165) is 214 Å². The van der Waals surface area contributed by atoms with Crippen LogP contribution < -0.4 is 0 Å². The molecule has 8 aromatic heterocycles. The van der Waals surface area contributed by atoms with Gasteiger partial charge in [0.1, 0.15) is 55.8 Å². The van der Waals surface area contributed by atoms with Gasteiger partial charge in [-0.25, -0.2) is 29.9 Å². The van der Waals surface area contributed by atoms with E-state index in [9.17, 15) is 0 Å². The van der Waals surface area contributed by atoms with Gasteiger partial charge in [0.05, 0.1) is 0 Å². The number of thiophene rings is 1. The fourth-order valence-electron chi connectivity index (χ4n) is 17.8. The van der Waals surface area contributed by atoms with Gasteiger partial charge in [-0.05, 0) is 158 Å². The van der Waals surface area contributed by atoms with Crippen LogP contribution in [0.1, 0.15) is 0 Å². The smallest absolute Gasteiger partial charge is 0.164 e. The summed E-state index contributed by atoms with van der Waals surface area (Å²) in [7, 11) is 0. The molecule has 0 aliphatic carbocycles. The normalized spacial score (nSPS) is 12.2. The number of rotatable bonds is 9. The molecule has 528 valence electrons. The lowest BCUT2D eigenvalue weighted by Crippen LogP contribution is -2.01. The largest absolute Gasteiger partial charge is 0.456 e. The summed E-state index contributed by atoms with van der Waals surface area (Å²) in [6.07, 6.45) is 0. The minimum atomic E-state index is 0.514. The molecule has 114 heavy (non-hydrogen) atoms. The summed E-state index contributed by atoms with van der Waals surface area (Å²) in [5, 5.41) is 18.4. The lowest BCUT2D eigenvalue weighted by atomic mass is 9.95. The molecule has 0 bridgehead atoms. The van der Waals surface area contributed by atoms with Gasteiger partial charge in [-0.15, -0.1) is 11.3 Å². The predicted octanol–water partition coefficient (Wildman–Crippen LogP) is 28.4. The van der Waals surface area contributed by atoms with Gasteiger partial charge in [0.2, 0.25) is 0 Å². The maximum Gasteiger partial charge on any atom is 0.164 e. The maximum atomic E-state index is 6.90. The zero-order valence-electron chi connectivity index (χ0n) is 60.3. The van der Waals surface area contributed by atoms with Crippen LogP contribution in [0.5, 0.6) is 0 Å². The third-order valence-electron chi connectivity index (χ3n) is 23.0. The van der Waals surface area contributed by atoms with E-state index in [4.69, 9.17) is 52.0 Å². The van der Waals surface area contributed by atoms with E-state index >= 15 is 0 Å². The molecule has 12 heteroatoms. The second-order valence-corrected chi connectivity index (χ2v) is 30.5. The average molecular weight is 1480 g/mol. The third-order valence-corrected chi connectivity index (χ3v) is 24.1. The Balaban J connectivity index is 0.568. The Morgan fingerprint density at radius 2 is 0.474 bits per heavy atom. The van der Waals surface area contributed by atoms with Gasteiger partial charge in [0.25, 0.3) is 0 Å². The second-order valence-electron chi connectivity index (χ2n) is 29.4. The lowest BCUT2D eigenvalue weighted by Gasteiger charge is -2.12. The van der Waals surface area contributed by atoms with Crippen LogP contribution in [0.15, 0.2) is 350 Å². The van der Waals surface area contributed by atoms with Crippen molar-refractivity contribution in [1.29, 1.82) is 0 Å². The van der Waals surface area contributed by atoms with Crippen molar-refractivity contribution in [3.8, 4) is 102 Å². The van der Waals surface area contributed by atoms with E-state index in [1.165, 1.54) is 14.8 Å². The molecule has 11 nitrogen and oxygen atoms in total. The van der Waals surface area contributed by atoms with Crippen molar-refractivity contribution in [3.05, 3.63) is 328 Å². The van der Waals surface area contributed by atoms with Crippen LogP contribution in [0.3, 0.4) is 0 Å². The average Bonchev–Trinajstić information content (AvgIpc) is 1.53. The van der Waals surface area contributed by atoms with E-state index in [2.05, 4.69) is 249 Å². The van der Waals surface area contributed by atoms with E-state index in [1.54, 1.807) is 11.3 Å². The van der Waals surface area contributed by atoms with Gasteiger partial charge in [-0.3, -0.25) is 0 Å². The van der Waals surface area contributed by atoms with Crippen LogP contribution in [-0.4, -0.2) is 29.9 Å². The molecule has 0 amide bonds. The zero-order chi connectivity index (χ0) is 74.4. The lowest BCUT2D eigenvalue weighted by molar-refractivity contribution is 0.668. The number of benzene rings is 17. The summed E-state index contributed by atoms with van der Waals surface area (Å²) in [5.74, 6) is 3.26. The first kappa shape index (κ1) is 62.6. The standard InChI is InChI=1S/C102H54N6O5S/c1-5-30-77-65(20-1)91-73(26-12-33-80(91)109-77)99-103-97(71-24-10-16-56-44-48-83-95(89(56)71)66-21-2-6-31-78(66)110-83)104-100(107-99)74-27-13-35-82-93(74)69-47-43-63(54-86(69)113-82)61-41-39-55-38-40-60(51-64(55)52-61)58-18-9-19-59(50-58)62-42-46-68-85(53-62)112-81-34-14-28-75(92(68)81)101-105-98(106-102(108-101)76-29-15-37-88-94(76)70-23-4-8-36-87(70)114-88)72-25-11-17-57-45-49-84-96(90(57)72)67-22-3-7-32-79(67)111-84/h1-54H. The molecular formula is C102H54N6O5S. The molecule has 0 radical (unpaired) electrons. The fourth-order valence-corrected chi connectivity index (χ4v) is 19.0. The van der Waals surface area contributed by atoms with Crippen molar-refractivity contribution in [1.82, 2.24) is 29.9 Å². The third kappa shape index (κ3) is 9.55. The van der Waals surface area contributed by atoms with Crippen LogP contribution in [0.4, 0.5) is 0 Å². The Kier molecular flexibility index (Phi) is 13.3. The fraction of sp³-hybridized carbons (Fsp3) is 0. The number of aromatic nitrogens is 6. The number of hydrogen-bond acceptors (Lipinski definition) is 12. The summed E-state index contributed by atoms with van der Waals surface area (Å²) in [4.78, 5) is 32.8. The molecule has 0 saturated heterocycles. The minimum Gasteiger partial charge on any atom is -0.456 e. The Labute approximate surface area is 650 Å². The van der Waals surface area contributed by atoms with E-state index in [0.29, 0.717) is 34.9 Å². The maximum absolute atomic E-state index is 6.90. The molecule has 0 spiro atoms. The second kappa shape index (κ2) is 24.1. The topological polar surface area (TPSA) is 143 Å². The number of fused-ring (bicyclic) bond motifs is 23. The number of furan rings is 5. The zero-order valence-corrected chi connectivity index (χ0v) is 61.1. The van der Waals surface area contributed by atoms with Crippen molar-refractivity contribution >= 4 is 174 Å². The molecule has 0 aliphatic rings. The molecule has 0 unspecified atom stereocenters. The number of hydrogen-bond donors (Lipinski definition) is 0. The summed E-state index contributed by atoms with van der Waals surface area (Å²) in [6.45, 7) is 0. The first-order valence-corrected chi connectivity index (χ1v) is 38.8. The molecule has 17 aromatic carbocycles. The highest BCUT2D eigenvalue weighted by atomic mass is 32.1.